The zero-order chi connectivity index (χ0) is 18.1. The van der Waals surface area contributed by atoms with E-state index < -0.39 is 0 Å². The summed E-state index contributed by atoms with van der Waals surface area (Å²) in [6.07, 6.45) is 1.68. The van der Waals surface area contributed by atoms with Gasteiger partial charge in [0.05, 0.1) is 17.0 Å². The Labute approximate surface area is 152 Å². The zero-order valence-electron chi connectivity index (χ0n) is 14.4. The molecule has 0 spiro atoms. The quantitative estimate of drug-likeness (QED) is 0.712. The second-order valence-corrected chi connectivity index (χ2v) is 6.71. The number of nitrogens with zero attached hydrogens (tertiary/aromatic N) is 2. The number of hydrogen-bond acceptors (Lipinski definition) is 5. The highest BCUT2D eigenvalue weighted by Gasteiger charge is 2.30. The van der Waals surface area contributed by atoms with E-state index in [1.165, 1.54) is 0 Å². The van der Waals surface area contributed by atoms with E-state index in [-0.39, 0.29) is 17.6 Å². The lowest BCUT2D eigenvalue weighted by atomic mass is 9.80. The molecule has 1 aliphatic carbocycles. The number of anilines is 2. The molecule has 5 heteroatoms. The fraction of sp³-hybridized carbons (Fsp3) is 0.190. The number of fused-ring (bicyclic) bond motifs is 1. The number of Topliss-reactive ketones (excluding diaryl/α,β-unsaturated/α-hetero) is 1. The van der Waals surface area contributed by atoms with E-state index >= 15 is 0 Å². The van der Waals surface area contributed by atoms with Crippen LogP contribution in [-0.2, 0) is 12.8 Å². The summed E-state index contributed by atoms with van der Waals surface area (Å²) in [6, 6.07) is 17.7. The average molecular weight is 344 g/mol. The molecule has 1 unspecified atom stereocenters. The average Bonchev–Trinajstić information content (AvgIpc) is 2.61. The maximum Gasteiger partial charge on any atom is 0.220 e. The monoisotopic (exact) mass is 344 g/mol. The van der Waals surface area contributed by atoms with Crippen LogP contribution in [0.2, 0.25) is 0 Å². The van der Waals surface area contributed by atoms with E-state index in [1.54, 1.807) is 0 Å². The van der Waals surface area contributed by atoms with Crippen molar-refractivity contribution in [2.75, 3.05) is 11.5 Å². The van der Waals surface area contributed by atoms with Crippen LogP contribution in [0.25, 0.3) is 0 Å². The van der Waals surface area contributed by atoms with Crippen molar-refractivity contribution in [1.29, 1.82) is 0 Å². The number of nitrogens with two attached hydrogens (primary N) is 2. The number of carbonyl (C=O) groups excluding carboxylic acids is 1. The molecule has 1 aliphatic rings. The number of hydrogen-bond donors (Lipinski definition) is 2. The van der Waals surface area contributed by atoms with Crippen LogP contribution in [0.15, 0.2) is 54.6 Å². The molecule has 0 aliphatic heterocycles. The highest BCUT2D eigenvalue weighted by atomic mass is 16.1. The van der Waals surface area contributed by atoms with Gasteiger partial charge in [0.25, 0.3) is 0 Å². The second-order valence-electron chi connectivity index (χ2n) is 6.71. The first-order valence-corrected chi connectivity index (χ1v) is 8.68. The predicted molar refractivity (Wildman–Crippen MR) is 102 cm³/mol. The van der Waals surface area contributed by atoms with Gasteiger partial charge >= 0.3 is 0 Å². The smallest absolute Gasteiger partial charge is 0.220 e. The molecular weight excluding hydrogens is 324 g/mol. The third-order valence-electron chi connectivity index (χ3n) is 4.82. The number of aromatic nitrogens is 2. The predicted octanol–water partition coefficient (Wildman–Crippen LogP) is 3.14. The van der Waals surface area contributed by atoms with Crippen LogP contribution in [0, 0.1) is 0 Å². The summed E-state index contributed by atoms with van der Waals surface area (Å²) in [5.74, 6) is 0.425. The molecular formula is C21H20N4O. The highest BCUT2D eigenvalue weighted by Crippen LogP contribution is 2.33. The van der Waals surface area contributed by atoms with Crippen molar-refractivity contribution < 1.29 is 4.79 Å². The van der Waals surface area contributed by atoms with E-state index in [2.05, 4.69) is 22.1 Å². The van der Waals surface area contributed by atoms with Crippen LogP contribution in [0.5, 0.6) is 0 Å². The van der Waals surface area contributed by atoms with Crippen LogP contribution >= 0.6 is 0 Å². The first-order valence-electron chi connectivity index (χ1n) is 8.68. The van der Waals surface area contributed by atoms with Crippen molar-refractivity contribution in [1.82, 2.24) is 9.97 Å². The molecule has 4 N–H and O–H groups in total. The number of carbonyl (C=O) groups is 1. The molecule has 5 nitrogen and oxygen atoms in total. The molecule has 0 saturated heterocycles. The van der Waals surface area contributed by atoms with E-state index in [0.29, 0.717) is 36.2 Å². The van der Waals surface area contributed by atoms with Gasteiger partial charge in [0.2, 0.25) is 5.95 Å². The van der Waals surface area contributed by atoms with E-state index in [0.717, 1.165) is 16.8 Å². The van der Waals surface area contributed by atoms with E-state index in [1.807, 2.05) is 42.5 Å². The van der Waals surface area contributed by atoms with Crippen LogP contribution in [0.1, 0.15) is 45.2 Å². The zero-order valence-corrected chi connectivity index (χ0v) is 14.4. The van der Waals surface area contributed by atoms with Gasteiger partial charge in [-0.1, -0.05) is 42.5 Å². The van der Waals surface area contributed by atoms with Crippen molar-refractivity contribution in [3.05, 3.63) is 82.7 Å². The van der Waals surface area contributed by atoms with Crippen molar-refractivity contribution in [3.63, 3.8) is 0 Å². The third kappa shape index (κ3) is 3.16. The molecule has 1 aromatic heterocycles. The maximum absolute atomic E-state index is 12.9. The van der Waals surface area contributed by atoms with Gasteiger partial charge in [0.15, 0.2) is 5.78 Å². The normalized spacial score (nSPS) is 16.3. The lowest BCUT2D eigenvalue weighted by Crippen LogP contribution is -2.24. The maximum atomic E-state index is 12.9. The van der Waals surface area contributed by atoms with Crippen LogP contribution in [0.3, 0.4) is 0 Å². The Morgan fingerprint density at radius 1 is 0.962 bits per heavy atom. The molecule has 4 rings (SSSR count). The first kappa shape index (κ1) is 16.3. The fourth-order valence-corrected chi connectivity index (χ4v) is 3.67. The molecule has 0 fully saturated rings. The van der Waals surface area contributed by atoms with E-state index in [4.69, 9.17) is 11.5 Å². The molecule has 3 aromatic rings. The fourth-order valence-electron chi connectivity index (χ4n) is 3.67. The lowest BCUT2D eigenvalue weighted by Gasteiger charge is -2.25. The largest absolute Gasteiger partial charge is 0.399 e. The number of benzene rings is 2. The topological polar surface area (TPSA) is 94.9 Å². The van der Waals surface area contributed by atoms with E-state index in [9.17, 15) is 4.79 Å². The van der Waals surface area contributed by atoms with Gasteiger partial charge in [-0.05, 0) is 35.6 Å². The van der Waals surface area contributed by atoms with Gasteiger partial charge in [0, 0.05) is 18.5 Å². The summed E-state index contributed by atoms with van der Waals surface area (Å²) in [4.78, 5) is 21.7. The minimum atomic E-state index is 0.0824. The minimum Gasteiger partial charge on any atom is -0.399 e. The Hall–Kier alpha value is -3.21. The van der Waals surface area contributed by atoms with Crippen molar-refractivity contribution in [2.45, 2.75) is 25.2 Å². The highest BCUT2D eigenvalue weighted by molar-refractivity contribution is 6.00. The van der Waals surface area contributed by atoms with Gasteiger partial charge in [-0.2, -0.15) is 0 Å². The molecule has 1 atom stereocenters. The Kier molecular flexibility index (Phi) is 4.13. The van der Waals surface area contributed by atoms with Crippen molar-refractivity contribution in [2.24, 2.45) is 0 Å². The van der Waals surface area contributed by atoms with Gasteiger partial charge in [-0.25, -0.2) is 9.97 Å². The molecule has 0 bridgehead atoms. The lowest BCUT2D eigenvalue weighted by molar-refractivity contribution is 0.0961. The third-order valence-corrected chi connectivity index (χ3v) is 4.82. The summed E-state index contributed by atoms with van der Waals surface area (Å²) < 4.78 is 0. The Balaban J connectivity index is 1.71. The standard InChI is InChI=1S/C21H20N4O/c22-16-8-4-5-13(9-16)10-17-20-18(25-21(23)24-17)11-15(12-19(20)26)14-6-2-1-3-7-14/h1-9,15H,10-12,22H2,(H2,23,24,25). The van der Waals surface area contributed by atoms with Gasteiger partial charge in [0.1, 0.15) is 0 Å². The van der Waals surface area contributed by atoms with Crippen LogP contribution in [0.4, 0.5) is 11.6 Å². The van der Waals surface area contributed by atoms with Crippen molar-refractivity contribution in [3.8, 4) is 0 Å². The Morgan fingerprint density at radius 3 is 2.54 bits per heavy atom. The number of ketones is 1. The summed E-state index contributed by atoms with van der Waals surface area (Å²) in [5, 5.41) is 0. The van der Waals surface area contributed by atoms with Crippen LogP contribution < -0.4 is 11.5 Å². The van der Waals surface area contributed by atoms with Gasteiger partial charge < -0.3 is 11.5 Å². The van der Waals surface area contributed by atoms with Gasteiger partial charge in [-0.3, -0.25) is 4.79 Å². The summed E-state index contributed by atoms with van der Waals surface area (Å²) in [6.45, 7) is 0. The molecule has 0 amide bonds. The molecule has 130 valence electrons. The summed E-state index contributed by atoms with van der Waals surface area (Å²) in [5.41, 5.74) is 16.7. The Morgan fingerprint density at radius 2 is 1.77 bits per heavy atom. The second kappa shape index (κ2) is 6.59. The number of nitrogen functional groups attached to an aromatic ring is 2. The summed E-state index contributed by atoms with van der Waals surface area (Å²) in [7, 11) is 0. The molecule has 2 aromatic carbocycles. The molecule has 0 saturated carbocycles. The SMILES string of the molecule is Nc1cccc(Cc2nc(N)nc3c2C(=O)CC(c2ccccc2)C3)c1. The van der Waals surface area contributed by atoms with Gasteiger partial charge in [-0.15, -0.1) is 0 Å². The summed E-state index contributed by atoms with van der Waals surface area (Å²) >= 11 is 0. The minimum absolute atomic E-state index is 0.0824. The molecule has 0 radical (unpaired) electrons. The first-order chi connectivity index (χ1) is 12.6. The van der Waals surface area contributed by atoms with Crippen molar-refractivity contribution >= 4 is 17.4 Å². The molecule has 26 heavy (non-hydrogen) atoms. The molecule has 1 heterocycles. The number of rotatable bonds is 3. The van der Waals surface area contributed by atoms with Crippen LogP contribution in [-0.4, -0.2) is 15.8 Å². The Bertz CT molecular complexity index is 969.